The number of para-hydroxylation sites is 1. The van der Waals surface area contributed by atoms with E-state index in [0.717, 1.165) is 12.1 Å². The van der Waals surface area contributed by atoms with Crippen molar-refractivity contribution >= 4 is 11.5 Å². The molecule has 2 heteroatoms. The van der Waals surface area contributed by atoms with E-state index in [1.165, 1.54) is 5.56 Å². The highest BCUT2D eigenvalue weighted by atomic mass is 16.1. The molecule has 16 heavy (non-hydrogen) atoms. The van der Waals surface area contributed by atoms with Crippen molar-refractivity contribution in [2.75, 3.05) is 5.32 Å². The standard InChI is InChI=1S/C10H11NO.2C2H6/c1-7(12)10-6-8-4-2-3-5-9(8)11-10;2*1-2/h2-5,10-11H,6H2,1H3;2*1-2H3. The first-order valence-corrected chi connectivity index (χ1v) is 6.12. The van der Waals surface area contributed by atoms with Crippen LogP contribution in [0.5, 0.6) is 0 Å². The van der Waals surface area contributed by atoms with Crippen molar-refractivity contribution in [1.82, 2.24) is 0 Å². The molecule has 0 radical (unpaired) electrons. The Labute approximate surface area is 99.1 Å². The van der Waals surface area contributed by atoms with Gasteiger partial charge >= 0.3 is 0 Å². The highest BCUT2D eigenvalue weighted by Crippen LogP contribution is 2.25. The molecule has 2 nitrogen and oxygen atoms in total. The van der Waals surface area contributed by atoms with Crippen LogP contribution in [-0.4, -0.2) is 11.8 Å². The number of nitrogens with one attached hydrogen (secondary N) is 1. The molecule has 1 atom stereocenters. The lowest BCUT2D eigenvalue weighted by Crippen LogP contribution is -2.23. The molecule has 1 heterocycles. The molecule has 0 saturated carbocycles. The van der Waals surface area contributed by atoms with Crippen LogP contribution in [0.2, 0.25) is 0 Å². The van der Waals surface area contributed by atoms with Gasteiger partial charge < -0.3 is 5.32 Å². The summed E-state index contributed by atoms with van der Waals surface area (Å²) in [6.07, 6.45) is 0.839. The predicted octanol–water partition coefficient (Wildman–Crippen LogP) is 3.66. The molecular formula is C14H23NO. The van der Waals surface area contributed by atoms with Crippen LogP contribution in [0.1, 0.15) is 40.2 Å². The van der Waals surface area contributed by atoms with E-state index in [-0.39, 0.29) is 11.8 Å². The van der Waals surface area contributed by atoms with Gasteiger partial charge in [-0.3, -0.25) is 4.79 Å². The number of carbonyl (C=O) groups is 1. The third kappa shape index (κ3) is 3.69. The Morgan fingerprint density at radius 3 is 2.25 bits per heavy atom. The maximum absolute atomic E-state index is 11.1. The van der Waals surface area contributed by atoms with Crippen LogP contribution in [0.4, 0.5) is 5.69 Å². The van der Waals surface area contributed by atoms with Gasteiger partial charge in [-0.05, 0) is 18.6 Å². The van der Waals surface area contributed by atoms with Gasteiger partial charge in [-0.2, -0.15) is 0 Å². The van der Waals surface area contributed by atoms with Crippen LogP contribution in [0, 0.1) is 0 Å². The molecule has 2 rings (SSSR count). The largest absolute Gasteiger partial charge is 0.375 e. The number of hydrogen-bond acceptors (Lipinski definition) is 2. The van der Waals surface area contributed by atoms with E-state index in [1.54, 1.807) is 6.92 Å². The monoisotopic (exact) mass is 221 g/mol. The van der Waals surface area contributed by atoms with Crippen LogP contribution in [-0.2, 0) is 11.2 Å². The summed E-state index contributed by atoms with van der Waals surface area (Å²) >= 11 is 0. The van der Waals surface area contributed by atoms with Crippen molar-refractivity contribution in [3.8, 4) is 0 Å². The summed E-state index contributed by atoms with van der Waals surface area (Å²) in [6.45, 7) is 9.63. The van der Waals surface area contributed by atoms with Crippen LogP contribution in [0.3, 0.4) is 0 Å². The van der Waals surface area contributed by atoms with Crippen LogP contribution in [0.15, 0.2) is 24.3 Å². The molecule has 1 aliphatic rings. The molecule has 0 aliphatic carbocycles. The van der Waals surface area contributed by atoms with Gasteiger partial charge in [0.1, 0.15) is 0 Å². The first-order chi connectivity index (χ1) is 7.77. The molecule has 1 aromatic carbocycles. The van der Waals surface area contributed by atoms with Crippen LogP contribution in [0.25, 0.3) is 0 Å². The van der Waals surface area contributed by atoms with E-state index in [9.17, 15) is 4.79 Å². The molecule has 0 bridgehead atoms. The van der Waals surface area contributed by atoms with Crippen molar-refractivity contribution in [1.29, 1.82) is 0 Å². The van der Waals surface area contributed by atoms with Crippen LogP contribution < -0.4 is 5.32 Å². The van der Waals surface area contributed by atoms with Crippen LogP contribution >= 0.6 is 0 Å². The molecule has 1 unspecified atom stereocenters. The molecule has 0 spiro atoms. The smallest absolute Gasteiger partial charge is 0.152 e. The minimum absolute atomic E-state index is 0.00222. The summed E-state index contributed by atoms with van der Waals surface area (Å²) in [5.41, 5.74) is 2.36. The fraction of sp³-hybridized carbons (Fsp3) is 0.500. The first kappa shape index (κ1) is 14.7. The molecule has 1 N–H and O–H groups in total. The minimum Gasteiger partial charge on any atom is -0.375 e. The Balaban J connectivity index is 0.000000509. The van der Waals surface area contributed by atoms with Crippen molar-refractivity contribution < 1.29 is 4.79 Å². The lowest BCUT2D eigenvalue weighted by molar-refractivity contribution is -0.117. The Bertz CT molecular complexity index is 295. The van der Waals surface area contributed by atoms with Gasteiger partial charge in [0.25, 0.3) is 0 Å². The topological polar surface area (TPSA) is 29.1 Å². The van der Waals surface area contributed by atoms with Gasteiger partial charge in [0.05, 0.1) is 6.04 Å². The second-order valence-electron chi connectivity index (χ2n) is 3.17. The Morgan fingerprint density at radius 2 is 1.75 bits per heavy atom. The summed E-state index contributed by atoms with van der Waals surface area (Å²) in [7, 11) is 0. The van der Waals surface area contributed by atoms with E-state index in [0.29, 0.717) is 0 Å². The second kappa shape index (κ2) is 7.91. The van der Waals surface area contributed by atoms with Gasteiger partial charge in [-0.25, -0.2) is 0 Å². The average Bonchev–Trinajstić information content (AvgIpc) is 2.78. The number of rotatable bonds is 1. The summed E-state index contributed by atoms with van der Waals surface area (Å²) in [5, 5.41) is 3.18. The van der Waals surface area contributed by atoms with E-state index >= 15 is 0 Å². The Kier molecular flexibility index (Phi) is 7.27. The van der Waals surface area contributed by atoms with E-state index in [2.05, 4.69) is 11.4 Å². The van der Waals surface area contributed by atoms with Crippen molar-refractivity contribution in [3.63, 3.8) is 0 Å². The van der Waals surface area contributed by atoms with Gasteiger partial charge in [0, 0.05) is 12.1 Å². The number of anilines is 1. The van der Waals surface area contributed by atoms with E-state index in [4.69, 9.17) is 0 Å². The molecule has 90 valence electrons. The van der Waals surface area contributed by atoms with Gasteiger partial charge in [0.2, 0.25) is 0 Å². The number of Topliss-reactive ketones (excluding diaryl/α,β-unsaturated/α-hetero) is 1. The zero-order chi connectivity index (χ0) is 12.6. The van der Waals surface area contributed by atoms with Gasteiger partial charge in [0.15, 0.2) is 5.78 Å². The molecule has 0 amide bonds. The lowest BCUT2D eigenvalue weighted by atomic mass is 10.1. The van der Waals surface area contributed by atoms with Crippen molar-refractivity contribution in [3.05, 3.63) is 29.8 Å². The third-order valence-corrected chi connectivity index (χ3v) is 2.26. The molecule has 0 aromatic heterocycles. The fourth-order valence-corrected chi connectivity index (χ4v) is 1.54. The lowest BCUT2D eigenvalue weighted by Gasteiger charge is -2.04. The summed E-state index contributed by atoms with van der Waals surface area (Å²) in [5.74, 6) is 0.214. The zero-order valence-corrected chi connectivity index (χ0v) is 11.0. The fourth-order valence-electron chi connectivity index (χ4n) is 1.54. The Hall–Kier alpha value is -1.31. The SMILES string of the molecule is CC.CC.CC(=O)C1Cc2ccccc2N1. The molecule has 1 aromatic rings. The quantitative estimate of drug-likeness (QED) is 0.784. The average molecular weight is 221 g/mol. The number of hydrogen-bond donors (Lipinski definition) is 1. The van der Waals surface area contributed by atoms with E-state index < -0.39 is 0 Å². The Morgan fingerprint density at radius 1 is 1.19 bits per heavy atom. The minimum atomic E-state index is 0.00222. The summed E-state index contributed by atoms with van der Waals surface area (Å²) in [6, 6.07) is 8.06. The first-order valence-electron chi connectivity index (χ1n) is 6.12. The van der Waals surface area contributed by atoms with Gasteiger partial charge in [-0.15, -0.1) is 0 Å². The number of benzene rings is 1. The maximum Gasteiger partial charge on any atom is 0.152 e. The van der Waals surface area contributed by atoms with Crippen molar-refractivity contribution in [2.24, 2.45) is 0 Å². The summed E-state index contributed by atoms with van der Waals surface area (Å²) < 4.78 is 0. The molecular weight excluding hydrogens is 198 g/mol. The highest BCUT2D eigenvalue weighted by molar-refractivity contribution is 5.87. The predicted molar refractivity (Wildman–Crippen MR) is 70.9 cm³/mol. The molecule has 0 saturated heterocycles. The number of carbonyl (C=O) groups excluding carboxylic acids is 1. The third-order valence-electron chi connectivity index (χ3n) is 2.26. The summed E-state index contributed by atoms with van der Waals surface area (Å²) in [4.78, 5) is 11.1. The normalized spacial score (nSPS) is 15.7. The molecule has 0 fully saturated rings. The second-order valence-corrected chi connectivity index (χ2v) is 3.17. The van der Waals surface area contributed by atoms with E-state index in [1.807, 2.05) is 45.9 Å². The number of ketones is 1. The number of fused-ring (bicyclic) bond motifs is 1. The van der Waals surface area contributed by atoms with Crippen molar-refractivity contribution in [2.45, 2.75) is 47.1 Å². The zero-order valence-electron chi connectivity index (χ0n) is 11.0. The highest BCUT2D eigenvalue weighted by Gasteiger charge is 2.22. The molecule has 1 aliphatic heterocycles. The maximum atomic E-state index is 11.1. The van der Waals surface area contributed by atoms with Gasteiger partial charge in [-0.1, -0.05) is 45.9 Å².